The first-order valence-electron chi connectivity index (χ1n) is 10.7. The molecule has 1 aliphatic heterocycles. The molecule has 2 amide bonds. The van der Waals surface area contributed by atoms with Crippen LogP contribution in [0.15, 0.2) is 57.0 Å². The van der Waals surface area contributed by atoms with Crippen molar-refractivity contribution in [3.63, 3.8) is 0 Å². The highest BCUT2D eigenvalue weighted by Crippen LogP contribution is 2.36. The van der Waals surface area contributed by atoms with Crippen LogP contribution in [0.3, 0.4) is 0 Å². The van der Waals surface area contributed by atoms with Crippen molar-refractivity contribution in [1.29, 1.82) is 0 Å². The van der Waals surface area contributed by atoms with E-state index in [0.29, 0.717) is 16.3 Å². The summed E-state index contributed by atoms with van der Waals surface area (Å²) in [5.74, 6) is -1.73. The number of nitrogens with one attached hydrogen (secondary N) is 4. The average Bonchev–Trinajstić information content (AvgIpc) is 3.16. The molecule has 4 rings (SSSR count). The fourth-order valence-corrected chi connectivity index (χ4v) is 4.76. The topological polar surface area (TPSA) is 186 Å². The second-order valence-electron chi connectivity index (χ2n) is 7.80. The molecular formula is C23H20ClN5O7S. The zero-order chi connectivity index (χ0) is 26.7. The van der Waals surface area contributed by atoms with Crippen molar-refractivity contribution < 1.29 is 24.5 Å². The zero-order valence-electron chi connectivity index (χ0n) is 19.1. The number of nitrogens with zero attached hydrogens (tertiary/aromatic N) is 1. The smallest absolute Gasteiger partial charge is 0.328 e. The van der Waals surface area contributed by atoms with Crippen LogP contribution in [0.2, 0.25) is 5.02 Å². The number of halogens is 1. The van der Waals surface area contributed by atoms with E-state index in [9.17, 15) is 29.4 Å². The molecule has 2 atom stereocenters. The van der Waals surface area contributed by atoms with Gasteiger partial charge in [-0.05, 0) is 35.9 Å². The Morgan fingerprint density at radius 1 is 1.19 bits per heavy atom. The van der Waals surface area contributed by atoms with E-state index in [2.05, 4.69) is 20.6 Å². The van der Waals surface area contributed by atoms with Crippen molar-refractivity contribution in [3.8, 4) is 17.4 Å². The molecule has 2 heterocycles. The molecule has 6 N–H and O–H groups in total. The van der Waals surface area contributed by atoms with Gasteiger partial charge in [0.05, 0.1) is 7.11 Å². The molecular weight excluding hydrogens is 526 g/mol. The first kappa shape index (κ1) is 25.9. The number of amides is 2. The van der Waals surface area contributed by atoms with Gasteiger partial charge < -0.3 is 25.6 Å². The van der Waals surface area contributed by atoms with Gasteiger partial charge >= 0.3 is 5.69 Å². The van der Waals surface area contributed by atoms with Gasteiger partial charge in [0.2, 0.25) is 17.7 Å². The van der Waals surface area contributed by atoms with Crippen molar-refractivity contribution in [1.82, 2.24) is 15.3 Å². The molecule has 0 saturated carbocycles. The third-order valence-corrected chi connectivity index (χ3v) is 6.58. The minimum absolute atomic E-state index is 0.0710. The Morgan fingerprint density at radius 3 is 2.68 bits per heavy atom. The van der Waals surface area contributed by atoms with Crippen molar-refractivity contribution in [2.75, 3.05) is 12.4 Å². The number of benzene rings is 2. The Bertz CT molecular complexity index is 1520. The minimum atomic E-state index is -1.23. The number of rotatable bonds is 7. The molecule has 192 valence electrons. The Kier molecular flexibility index (Phi) is 7.55. The summed E-state index contributed by atoms with van der Waals surface area (Å²) in [5, 5.41) is 25.3. The summed E-state index contributed by atoms with van der Waals surface area (Å²) in [6.45, 7) is 0. The van der Waals surface area contributed by atoms with E-state index < -0.39 is 40.2 Å². The second kappa shape index (κ2) is 10.8. The average molecular weight is 546 g/mol. The van der Waals surface area contributed by atoms with Gasteiger partial charge in [-0.3, -0.25) is 24.4 Å². The van der Waals surface area contributed by atoms with E-state index in [1.54, 1.807) is 24.3 Å². The van der Waals surface area contributed by atoms with Gasteiger partial charge in [0.1, 0.15) is 16.9 Å². The number of H-pyrrole nitrogens is 2. The van der Waals surface area contributed by atoms with Crippen molar-refractivity contribution in [2.24, 2.45) is 4.99 Å². The number of aromatic amines is 2. The number of aromatic hydroxyl groups is 2. The molecule has 0 aliphatic carbocycles. The molecule has 1 aromatic heterocycles. The zero-order valence-corrected chi connectivity index (χ0v) is 20.6. The fraction of sp³-hybridized carbons (Fsp3) is 0.174. The molecule has 12 nitrogen and oxygen atoms in total. The number of ether oxygens (including phenoxy) is 1. The lowest BCUT2D eigenvalue weighted by Gasteiger charge is -2.16. The van der Waals surface area contributed by atoms with E-state index in [0.717, 1.165) is 11.8 Å². The van der Waals surface area contributed by atoms with Crippen LogP contribution in [0.25, 0.3) is 0 Å². The minimum Gasteiger partial charge on any atom is -0.504 e. The van der Waals surface area contributed by atoms with E-state index in [-0.39, 0.29) is 28.7 Å². The lowest BCUT2D eigenvalue weighted by molar-refractivity contribution is -0.122. The van der Waals surface area contributed by atoms with Crippen LogP contribution < -0.4 is 26.6 Å². The molecule has 1 aliphatic rings. The standard InChI is InChI=1S/C23H20ClN5O7S/c1-36-14-7-10(5-6-13(14)30)18(17-20(33)27-22(35)28-21(17)34)26-23-29-19(32)15(37-23)9-16(31)25-12-4-2-3-11(24)8-12/h2-8,15,18,30H,9H2,1H3,(H,25,31)(H,26,29,32)(H3,27,28,33,34,35)/t15-,18-/m0/s1. The number of hydrogen-bond donors (Lipinski definition) is 6. The van der Waals surface area contributed by atoms with E-state index in [4.69, 9.17) is 16.3 Å². The molecule has 37 heavy (non-hydrogen) atoms. The Balaban J connectivity index is 1.63. The summed E-state index contributed by atoms with van der Waals surface area (Å²) in [6, 6.07) is 9.47. The number of anilines is 1. The lowest BCUT2D eigenvalue weighted by Crippen LogP contribution is -2.29. The molecule has 0 radical (unpaired) electrons. The van der Waals surface area contributed by atoms with Crippen LogP contribution in [-0.4, -0.2) is 49.5 Å². The summed E-state index contributed by atoms with van der Waals surface area (Å²) in [7, 11) is 1.33. The largest absolute Gasteiger partial charge is 0.504 e. The molecule has 2 aromatic carbocycles. The highest BCUT2D eigenvalue weighted by molar-refractivity contribution is 8.15. The van der Waals surface area contributed by atoms with Crippen LogP contribution in [0.1, 0.15) is 23.6 Å². The summed E-state index contributed by atoms with van der Waals surface area (Å²) in [5.41, 5.74) is -1.36. The van der Waals surface area contributed by atoms with Crippen molar-refractivity contribution in [3.05, 3.63) is 79.5 Å². The number of carbonyl (C=O) groups is 2. The molecule has 14 heteroatoms. The SMILES string of the molecule is COc1cc([C@H](N=C2NC(=O)[C@H](CC(=O)Nc3cccc(Cl)c3)S2)c2c(O)[nH]c(=O)[nH]c2=O)ccc1O. The lowest BCUT2D eigenvalue weighted by atomic mass is 10.0. The highest BCUT2D eigenvalue weighted by Gasteiger charge is 2.34. The summed E-state index contributed by atoms with van der Waals surface area (Å²) < 4.78 is 5.12. The normalized spacial score (nSPS) is 16.9. The van der Waals surface area contributed by atoms with Gasteiger partial charge in [0, 0.05) is 17.1 Å². The predicted molar refractivity (Wildman–Crippen MR) is 138 cm³/mol. The monoisotopic (exact) mass is 545 g/mol. The van der Waals surface area contributed by atoms with E-state index in [1.807, 2.05) is 4.98 Å². The van der Waals surface area contributed by atoms with Crippen molar-refractivity contribution in [2.45, 2.75) is 17.7 Å². The van der Waals surface area contributed by atoms with Crippen molar-refractivity contribution >= 4 is 46.0 Å². The number of carbonyl (C=O) groups excluding carboxylic acids is 2. The van der Waals surface area contributed by atoms with E-state index >= 15 is 0 Å². The number of phenols is 1. The van der Waals surface area contributed by atoms with Crippen LogP contribution in [0.4, 0.5) is 5.69 Å². The van der Waals surface area contributed by atoms with Gasteiger partial charge in [-0.2, -0.15) is 0 Å². The number of thioether (sulfide) groups is 1. The Hall–Kier alpha value is -4.23. The molecule has 3 aromatic rings. The molecule has 1 fully saturated rings. The van der Waals surface area contributed by atoms with Gasteiger partial charge in [0.25, 0.3) is 5.56 Å². The number of aromatic nitrogens is 2. The number of aliphatic imine (C=N–C) groups is 1. The third kappa shape index (κ3) is 5.95. The maximum atomic E-state index is 12.6. The summed E-state index contributed by atoms with van der Waals surface area (Å²) in [4.78, 5) is 57.8. The second-order valence-corrected chi connectivity index (χ2v) is 9.42. The molecule has 1 saturated heterocycles. The van der Waals surface area contributed by atoms with Gasteiger partial charge in [-0.25, -0.2) is 9.79 Å². The number of methoxy groups -OCH3 is 1. The van der Waals surface area contributed by atoms with Gasteiger partial charge in [-0.1, -0.05) is 35.5 Å². The van der Waals surface area contributed by atoms with Gasteiger partial charge in [0.15, 0.2) is 16.7 Å². The van der Waals surface area contributed by atoms with Crippen LogP contribution in [0, 0.1) is 0 Å². The number of phenolic OH excluding ortho intramolecular Hbond substituents is 1. The summed E-state index contributed by atoms with van der Waals surface area (Å²) >= 11 is 6.89. The maximum absolute atomic E-state index is 12.6. The maximum Gasteiger partial charge on any atom is 0.328 e. The Labute approximate surface area is 217 Å². The number of hydrogen-bond acceptors (Lipinski definition) is 9. The Morgan fingerprint density at radius 2 is 1.97 bits per heavy atom. The quantitative estimate of drug-likeness (QED) is 0.259. The molecule has 0 spiro atoms. The summed E-state index contributed by atoms with van der Waals surface area (Å²) in [6.07, 6.45) is -0.176. The van der Waals surface area contributed by atoms with Crippen LogP contribution in [-0.2, 0) is 9.59 Å². The first-order valence-corrected chi connectivity index (χ1v) is 11.9. The predicted octanol–water partition coefficient (Wildman–Crippen LogP) is 1.84. The third-order valence-electron chi connectivity index (χ3n) is 5.25. The molecule has 0 bridgehead atoms. The highest BCUT2D eigenvalue weighted by atomic mass is 35.5. The van der Waals surface area contributed by atoms with Gasteiger partial charge in [-0.15, -0.1) is 0 Å². The number of amidine groups is 1. The van der Waals surface area contributed by atoms with Crippen LogP contribution >= 0.6 is 23.4 Å². The molecule has 0 unspecified atom stereocenters. The van der Waals surface area contributed by atoms with Crippen LogP contribution in [0.5, 0.6) is 17.4 Å². The van der Waals surface area contributed by atoms with E-state index in [1.165, 1.54) is 25.3 Å². The first-order chi connectivity index (χ1) is 17.6. The fourth-order valence-electron chi connectivity index (χ4n) is 3.57.